The molecule has 63 heavy (non-hydrogen) atoms. The summed E-state index contributed by atoms with van der Waals surface area (Å²) in [4.78, 5) is 27.5. The van der Waals surface area contributed by atoms with Crippen LogP contribution in [0.15, 0.2) is 93.4 Å². The van der Waals surface area contributed by atoms with Gasteiger partial charge in [-0.25, -0.2) is 4.79 Å². The van der Waals surface area contributed by atoms with E-state index in [1.165, 1.54) is 41.8 Å². The maximum absolute atomic E-state index is 11.9. The summed E-state index contributed by atoms with van der Waals surface area (Å²) in [5.41, 5.74) is 3.94. The Hall–Kier alpha value is -3.45. The minimum Gasteiger partial charge on any atom is -0.480 e. The Balaban J connectivity index is 0.000000148. The molecular weight excluding hydrogens is 859 g/mol. The lowest BCUT2D eigenvalue weighted by molar-refractivity contribution is -0.142. The van der Waals surface area contributed by atoms with E-state index in [0.29, 0.717) is 38.6 Å². The van der Waals surface area contributed by atoms with Crippen molar-refractivity contribution in [2.75, 3.05) is 85.5 Å². The number of thiophene rings is 2. The van der Waals surface area contributed by atoms with E-state index in [2.05, 4.69) is 87.1 Å². The summed E-state index contributed by atoms with van der Waals surface area (Å²) in [6.45, 7) is 8.05. The number of rotatable bonds is 16. The Morgan fingerprint density at radius 3 is 2.02 bits per heavy atom. The molecule has 0 bridgehead atoms. The van der Waals surface area contributed by atoms with E-state index in [0.717, 1.165) is 84.5 Å². The fraction of sp³-hybridized carbons (Fsp3) is 0.500. The molecule has 6 heterocycles. The molecule has 4 unspecified atom stereocenters. The van der Waals surface area contributed by atoms with Crippen molar-refractivity contribution in [1.82, 2.24) is 15.1 Å². The number of aliphatic hydroxyl groups excluding tert-OH is 3. The number of hydrogen-bond donors (Lipinski definition) is 5. The van der Waals surface area contributed by atoms with Crippen LogP contribution in [0.25, 0.3) is 20.2 Å². The summed E-state index contributed by atoms with van der Waals surface area (Å²) in [5.74, 6) is -0.379. The lowest BCUT2D eigenvalue weighted by Gasteiger charge is -2.18. The van der Waals surface area contributed by atoms with Crippen molar-refractivity contribution < 1.29 is 44.2 Å². The lowest BCUT2D eigenvalue weighted by atomic mass is 9.95. The number of nitrogens with zero attached hydrogens (tertiary/aromatic N) is 2. The molecule has 15 heteroatoms. The van der Waals surface area contributed by atoms with Crippen LogP contribution < -0.4 is 5.32 Å². The van der Waals surface area contributed by atoms with Crippen LogP contribution in [0.2, 0.25) is 0 Å². The Morgan fingerprint density at radius 1 is 0.746 bits per heavy atom. The van der Waals surface area contributed by atoms with Gasteiger partial charge < -0.3 is 44.9 Å². The van der Waals surface area contributed by atoms with Crippen LogP contribution in [-0.4, -0.2) is 146 Å². The van der Waals surface area contributed by atoms with Crippen molar-refractivity contribution in [2.45, 2.75) is 63.3 Å². The van der Waals surface area contributed by atoms with E-state index in [-0.39, 0.29) is 37.4 Å². The molecule has 3 saturated heterocycles. The van der Waals surface area contributed by atoms with E-state index in [4.69, 9.17) is 24.4 Å². The molecule has 0 spiro atoms. The predicted octanol–water partition coefficient (Wildman–Crippen LogP) is 6.49. The maximum Gasteiger partial charge on any atom is 0.329 e. The number of carbonyl (C=O) groups excluding carboxylic acids is 1. The summed E-state index contributed by atoms with van der Waals surface area (Å²) in [6, 6.07) is 16.9. The fourth-order valence-electron chi connectivity index (χ4n) is 7.91. The normalized spacial score (nSPS) is 21.5. The third-order valence-corrected chi connectivity index (χ3v) is 14.5. The number of allylic oxidation sites excluding steroid dienone is 4. The second-order valence-corrected chi connectivity index (χ2v) is 18.9. The third-order valence-electron chi connectivity index (χ3n) is 11.3. The number of likely N-dealkylation sites (tertiary alicyclic amines) is 2. The second kappa shape index (κ2) is 26.5. The molecule has 0 saturated carbocycles. The first-order valence-corrected chi connectivity index (χ1v) is 24.7. The van der Waals surface area contributed by atoms with Gasteiger partial charge >= 0.3 is 5.97 Å². The van der Waals surface area contributed by atoms with Gasteiger partial charge in [0, 0.05) is 54.6 Å². The van der Waals surface area contributed by atoms with E-state index in [1.807, 2.05) is 17.8 Å². The van der Waals surface area contributed by atoms with Gasteiger partial charge in [-0.2, -0.15) is 0 Å². The third kappa shape index (κ3) is 16.2. The molecule has 342 valence electrons. The zero-order valence-electron chi connectivity index (χ0n) is 36.0. The zero-order chi connectivity index (χ0) is 44.2. The minimum atomic E-state index is -0.922. The topological polar surface area (TPSA) is 161 Å². The predicted molar refractivity (Wildman–Crippen MR) is 255 cm³/mol. The van der Waals surface area contributed by atoms with E-state index in [9.17, 15) is 19.8 Å². The number of aliphatic hydroxyl groups is 3. The Labute approximate surface area is 383 Å². The number of carbonyl (C=O) groups is 2. The van der Waals surface area contributed by atoms with Gasteiger partial charge in [0.1, 0.15) is 13.2 Å². The summed E-state index contributed by atoms with van der Waals surface area (Å²) in [6.07, 6.45) is 12.3. The number of fused-ring (bicyclic) bond motifs is 3. The van der Waals surface area contributed by atoms with Crippen molar-refractivity contribution in [2.24, 2.45) is 5.92 Å². The monoisotopic (exact) mass is 921 g/mol. The number of carboxylic acid groups (broad SMARTS) is 1. The molecule has 4 aromatic rings. The van der Waals surface area contributed by atoms with Crippen molar-refractivity contribution >= 4 is 66.5 Å². The van der Waals surface area contributed by atoms with Crippen LogP contribution >= 0.6 is 34.4 Å². The number of nitrogens with one attached hydrogen (secondary N) is 1. The van der Waals surface area contributed by atoms with Crippen LogP contribution in [0.3, 0.4) is 0 Å². The second-order valence-electron chi connectivity index (χ2n) is 16.1. The molecule has 0 radical (unpaired) electrons. The van der Waals surface area contributed by atoms with Crippen LogP contribution in [0.5, 0.6) is 0 Å². The van der Waals surface area contributed by atoms with Gasteiger partial charge in [-0.05, 0) is 112 Å². The lowest BCUT2D eigenvalue weighted by Crippen LogP contribution is -2.32. The molecule has 4 aliphatic heterocycles. The number of β-amino-alcohol motifs (C(OH)–C–C–N with tert-alkyl or cyclic N) is 3. The van der Waals surface area contributed by atoms with Crippen LogP contribution in [0.1, 0.15) is 43.2 Å². The van der Waals surface area contributed by atoms with Crippen LogP contribution in [-0.2, 0) is 36.6 Å². The molecular formula is C48H63N3O9S3. The average molecular weight is 922 g/mol. The maximum atomic E-state index is 11.9. The number of aliphatic carboxylic acids is 1. The molecule has 5 aliphatic rings. The number of benzene rings is 2. The number of hydrogen-bond acceptors (Lipinski definition) is 13. The van der Waals surface area contributed by atoms with Gasteiger partial charge in [0.25, 0.3) is 0 Å². The fourth-order valence-corrected chi connectivity index (χ4v) is 10.9. The van der Waals surface area contributed by atoms with Crippen LogP contribution in [0.4, 0.5) is 0 Å². The average Bonchev–Trinajstić information content (AvgIpc) is 4.15. The highest BCUT2D eigenvalue weighted by Crippen LogP contribution is 2.42. The molecule has 1 aliphatic carbocycles. The molecule has 4 atom stereocenters. The first-order chi connectivity index (χ1) is 30.7. The smallest absolute Gasteiger partial charge is 0.329 e. The van der Waals surface area contributed by atoms with Gasteiger partial charge in [-0.15, -0.1) is 34.4 Å². The number of carboxylic acids is 1. The molecule has 2 aromatic carbocycles. The molecule has 5 N–H and O–H groups in total. The van der Waals surface area contributed by atoms with Gasteiger partial charge in [-0.1, -0.05) is 54.6 Å². The molecule has 3 fully saturated rings. The van der Waals surface area contributed by atoms with Crippen molar-refractivity contribution in [3.05, 3.63) is 105 Å². The number of ether oxygens (including phenoxy) is 3. The quantitative estimate of drug-likeness (QED) is 0.0779. The first-order valence-electron chi connectivity index (χ1n) is 22.1. The largest absolute Gasteiger partial charge is 0.480 e. The Bertz CT molecular complexity index is 2110. The highest BCUT2D eigenvalue weighted by Gasteiger charge is 2.25. The highest BCUT2D eigenvalue weighted by molar-refractivity contribution is 8.06. The van der Waals surface area contributed by atoms with Gasteiger partial charge in [0.15, 0.2) is 0 Å². The van der Waals surface area contributed by atoms with Crippen molar-refractivity contribution in [1.29, 1.82) is 0 Å². The Morgan fingerprint density at radius 2 is 1.41 bits per heavy atom. The molecule has 12 nitrogen and oxygen atoms in total. The number of amides is 1. The summed E-state index contributed by atoms with van der Waals surface area (Å²) in [7, 11) is 0. The number of thioether (sulfide) groups is 1. The SMILES string of the molecule is O=C(COCCC1=C2SC=CC2CC=C1)N1CCC(O)C1.O=C(O)COCCc1cccc2ccsc12.OC1CCN(CCOCCc2cccc3ccsc23)C1.OC1CCNC1. The van der Waals surface area contributed by atoms with E-state index >= 15 is 0 Å². The van der Waals surface area contributed by atoms with Gasteiger partial charge in [0.05, 0.1) is 44.7 Å². The van der Waals surface area contributed by atoms with Crippen molar-refractivity contribution in [3.63, 3.8) is 0 Å². The van der Waals surface area contributed by atoms with Gasteiger partial charge in [0.2, 0.25) is 5.91 Å². The molecule has 9 rings (SSSR count). The first kappa shape index (κ1) is 49.0. The summed E-state index contributed by atoms with van der Waals surface area (Å²) < 4.78 is 18.9. The standard InChI is InChI=1S/C16H21NO3S.C16H21NO2S.C12H12O3S.C4H9NO/c18-14-4-7-17(10-14)15(19)11-20-8-5-12-2-1-3-13-6-9-21-16(12)13;18-15-4-7-17(12-15)8-10-19-9-5-13-2-1-3-14-6-11-20-16(13)14;13-11(14)8-15-6-4-9-2-1-3-10-5-7-16-12(9)10;6-4-1-2-5-3-4/h1-2,6,9,13-14,18H,3-5,7-8,10-11H2;1-3,6,11,15,18H,4-5,7-10,12H2;1-3,5,7H,4,6,8H2,(H,13,14);4-6H,1-3H2. The highest BCUT2D eigenvalue weighted by atomic mass is 32.2. The van der Waals surface area contributed by atoms with Crippen molar-refractivity contribution in [3.8, 4) is 0 Å². The molecule has 1 amide bonds. The molecule has 2 aromatic heterocycles. The van der Waals surface area contributed by atoms with E-state index in [1.54, 1.807) is 27.6 Å². The van der Waals surface area contributed by atoms with Crippen LogP contribution in [0, 0.1) is 5.92 Å². The minimum absolute atomic E-state index is 0.0156. The Kier molecular flexibility index (Phi) is 20.6. The zero-order valence-corrected chi connectivity index (χ0v) is 38.4. The summed E-state index contributed by atoms with van der Waals surface area (Å²) in [5, 5.41) is 47.9. The summed E-state index contributed by atoms with van der Waals surface area (Å²) >= 11 is 5.32. The van der Waals surface area contributed by atoms with Gasteiger partial charge in [-0.3, -0.25) is 9.69 Å². The van der Waals surface area contributed by atoms with E-state index < -0.39 is 5.97 Å².